The molecule has 0 fully saturated rings. The second-order valence-corrected chi connectivity index (χ2v) is 7.95. The summed E-state index contributed by atoms with van der Waals surface area (Å²) in [6, 6.07) is 9.04. The molecule has 3 rings (SSSR count). The molecule has 0 aliphatic rings. The predicted molar refractivity (Wildman–Crippen MR) is 122 cm³/mol. The van der Waals surface area contributed by atoms with Crippen LogP contribution in [0.3, 0.4) is 0 Å². The number of ether oxygens (including phenoxy) is 2. The van der Waals surface area contributed by atoms with Crippen LogP contribution >= 0.6 is 11.3 Å². The number of nitrogens with zero attached hydrogens (tertiary/aromatic N) is 1. The van der Waals surface area contributed by atoms with Crippen molar-refractivity contribution in [3.05, 3.63) is 58.0 Å². The zero-order chi connectivity index (χ0) is 22.5. The molecular weight excluding hydrogens is 414 g/mol. The van der Waals surface area contributed by atoms with Crippen molar-refractivity contribution >= 4 is 28.3 Å². The van der Waals surface area contributed by atoms with Crippen LogP contribution in [0.4, 0.5) is 5.13 Å². The van der Waals surface area contributed by atoms with E-state index in [0.29, 0.717) is 22.2 Å². The molecular formula is C23H25N3O4S. The first-order chi connectivity index (χ1) is 14.8. The van der Waals surface area contributed by atoms with Gasteiger partial charge in [0.2, 0.25) is 5.91 Å². The van der Waals surface area contributed by atoms with E-state index in [1.54, 1.807) is 18.2 Å². The van der Waals surface area contributed by atoms with Crippen LogP contribution in [-0.2, 0) is 4.79 Å². The van der Waals surface area contributed by atoms with Crippen molar-refractivity contribution in [1.82, 2.24) is 10.3 Å². The fourth-order valence-corrected chi connectivity index (χ4v) is 3.82. The fraction of sp³-hybridized carbons (Fsp3) is 0.261. The third-order valence-electron chi connectivity index (χ3n) is 4.92. The molecule has 0 bridgehead atoms. The van der Waals surface area contributed by atoms with Crippen LogP contribution in [0.1, 0.15) is 27.0 Å². The second kappa shape index (κ2) is 9.61. The molecule has 0 saturated carbocycles. The maximum absolute atomic E-state index is 12.4. The van der Waals surface area contributed by atoms with E-state index in [4.69, 9.17) is 9.47 Å². The Balaban J connectivity index is 1.61. The lowest BCUT2D eigenvalue weighted by molar-refractivity contribution is -0.115. The Morgan fingerprint density at radius 1 is 0.968 bits per heavy atom. The lowest BCUT2D eigenvalue weighted by Crippen LogP contribution is -2.32. The Labute approximate surface area is 185 Å². The number of carbonyl (C=O) groups excluding carboxylic acids is 2. The van der Waals surface area contributed by atoms with E-state index in [0.717, 1.165) is 16.8 Å². The molecule has 3 aromatic rings. The molecule has 1 aromatic heterocycles. The van der Waals surface area contributed by atoms with E-state index in [2.05, 4.69) is 41.6 Å². The zero-order valence-corrected chi connectivity index (χ0v) is 19.0. The third kappa shape index (κ3) is 5.21. The maximum Gasteiger partial charge on any atom is 0.251 e. The van der Waals surface area contributed by atoms with Gasteiger partial charge in [-0.1, -0.05) is 6.07 Å². The van der Waals surface area contributed by atoms with Gasteiger partial charge >= 0.3 is 0 Å². The number of anilines is 1. The average Bonchev–Trinajstić information content (AvgIpc) is 3.22. The summed E-state index contributed by atoms with van der Waals surface area (Å²) in [4.78, 5) is 29.2. The number of amides is 2. The molecule has 7 nitrogen and oxygen atoms in total. The van der Waals surface area contributed by atoms with Crippen molar-refractivity contribution in [2.24, 2.45) is 0 Å². The van der Waals surface area contributed by atoms with Crippen LogP contribution in [0.15, 0.2) is 35.7 Å². The molecule has 0 unspecified atom stereocenters. The minimum atomic E-state index is -0.387. The van der Waals surface area contributed by atoms with Gasteiger partial charge in [-0.25, -0.2) is 4.98 Å². The summed E-state index contributed by atoms with van der Waals surface area (Å²) in [6.07, 6.45) is 0. The number of rotatable bonds is 7. The highest BCUT2D eigenvalue weighted by Gasteiger charge is 2.14. The van der Waals surface area contributed by atoms with Crippen molar-refractivity contribution in [3.63, 3.8) is 0 Å². The fourth-order valence-electron chi connectivity index (χ4n) is 3.09. The van der Waals surface area contributed by atoms with Gasteiger partial charge in [-0.05, 0) is 61.7 Å². The van der Waals surface area contributed by atoms with Crippen molar-refractivity contribution in [2.75, 3.05) is 26.1 Å². The molecule has 0 aliphatic carbocycles. The SMILES string of the molecule is COc1ccc(C(=O)NCC(=O)Nc2nc(-c3cc(C)c(C)cc3C)cs2)cc1OC. The van der Waals surface area contributed by atoms with Gasteiger partial charge in [-0.2, -0.15) is 0 Å². The van der Waals surface area contributed by atoms with Crippen molar-refractivity contribution in [2.45, 2.75) is 20.8 Å². The molecule has 2 amide bonds. The summed E-state index contributed by atoms with van der Waals surface area (Å²) in [5.74, 6) is 0.222. The second-order valence-electron chi connectivity index (χ2n) is 7.09. The summed E-state index contributed by atoms with van der Waals surface area (Å²) in [7, 11) is 3.02. The lowest BCUT2D eigenvalue weighted by Gasteiger charge is -2.10. The lowest BCUT2D eigenvalue weighted by atomic mass is 9.99. The Kier molecular flexibility index (Phi) is 6.91. The summed E-state index contributed by atoms with van der Waals surface area (Å²) in [6.45, 7) is 6.01. The highest BCUT2D eigenvalue weighted by Crippen LogP contribution is 2.29. The van der Waals surface area contributed by atoms with Gasteiger partial charge in [-0.3, -0.25) is 9.59 Å². The number of aryl methyl sites for hydroxylation is 3. The minimum Gasteiger partial charge on any atom is -0.493 e. The Hall–Kier alpha value is -3.39. The number of hydrogen-bond acceptors (Lipinski definition) is 6. The van der Waals surface area contributed by atoms with Crippen LogP contribution in [0, 0.1) is 20.8 Å². The molecule has 0 spiro atoms. The van der Waals surface area contributed by atoms with Crippen LogP contribution in [0.2, 0.25) is 0 Å². The number of methoxy groups -OCH3 is 2. The van der Waals surface area contributed by atoms with E-state index in [1.807, 2.05) is 12.3 Å². The van der Waals surface area contributed by atoms with Crippen LogP contribution < -0.4 is 20.1 Å². The molecule has 162 valence electrons. The van der Waals surface area contributed by atoms with Gasteiger partial charge in [0.15, 0.2) is 16.6 Å². The number of hydrogen-bond donors (Lipinski definition) is 2. The van der Waals surface area contributed by atoms with Crippen molar-refractivity contribution in [1.29, 1.82) is 0 Å². The quantitative estimate of drug-likeness (QED) is 0.578. The first kappa shape index (κ1) is 22.3. The molecule has 31 heavy (non-hydrogen) atoms. The number of carbonyl (C=O) groups is 2. The van der Waals surface area contributed by atoms with Crippen LogP contribution in [0.5, 0.6) is 11.5 Å². The number of thiazole rings is 1. The topological polar surface area (TPSA) is 89.5 Å². The molecule has 0 saturated heterocycles. The van der Waals surface area contributed by atoms with Gasteiger partial charge in [-0.15, -0.1) is 11.3 Å². The standard InChI is InChI=1S/C23H25N3O4S/c1-13-8-15(3)17(9-14(13)2)18-12-31-23(25-18)26-21(27)11-24-22(28)16-6-7-19(29-4)20(10-16)30-5/h6-10,12H,11H2,1-5H3,(H,24,28)(H,25,26,27). The molecule has 8 heteroatoms. The summed E-state index contributed by atoms with van der Waals surface area (Å²) < 4.78 is 10.4. The summed E-state index contributed by atoms with van der Waals surface area (Å²) >= 11 is 1.34. The molecule has 2 N–H and O–H groups in total. The highest BCUT2D eigenvalue weighted by molar-refractivity contribution is 7.14. The molecule has 0 radical (unpaired) electrons. The molecule has 0 aliphatic heterocycles. The van der Waals surface area contributed by atoms with Crippen molar-refractivity contribution < 1.29 is 19.1 Å². The minimum absolute atomic E-state index is 0.176. The molecule has 2 aromatic carbocycles. The first-order valence-corrected chi connectivity index (χ1v) is 10.5. The predicted octanol–water partition coefficient (Wildman–Crippen LogP) is 4.12. The van der Waals surface area contributed by atoms with E-state index in [-0.39, 0.29) is 18.4 Å². The van der Waals surface area contributed by atoms with Crippen LogP contribution in [-0.4, -0.2) is 37.6 Å². The number of aromatic nitrogens is 1. The smallest absolute Gasteiger partial charge is 0.251 e. The molecule has 1 heterocycles. The third-order valence-corrected chi connectivity index (χ3v) is 5.68. The van der Waals surface area contributed by atoms with Gasteiger partial charge in [0.1, 0.15) is 0 Å². The van der Waals surface area contributed by atoms with Gasteiger partial charge in [0.25, 0.3) is 5.91 Å². The monoisotopic (exact) mass is 439 g/mol. The van der Waals surface area contributed by atoms with Gasteiger partial charge in [0, 0.05) is 16.5 Å². The van der Waals surface area contributed by atoms with Crippen molar-refractivity contribution in [3.8, 4) is 22.8 Å². The van der Waals surface area contributed by atoms with Gasteiger partial charge < -0.3 is 20.1 Å². The summed E-state index contributed by atoms with van der Waals surface area (Å²) in [5.41, 5.74) is 5.78. The number of nitrogens with one attached hydrogen (secondary N) is 2. The Bertz CT molecular complexity index is 1120. The van der Waals surface area contributed by atoms with E-state index < -0.39 is 0 Å². The first-order valence-electron chi connectivity index (χ1n) is 9.66. The maximum atomic E-state index is 12.4. The van der Waals surface area contributed by atoms with Gasteiger partial charge in [0.05, 0.1) is 26.5 Å². The Morgan fingerprint density at radius 3 is 2.39 bits per heavy atom. The number of benzene rings is 2. The molecule has 0 atom stereocenters. The Morgan fingerprint density at radius 2 is 1.68 bits per heavy atom. The highest BCUT2D eigenvalue weighted by atomic mass is 32.1. The summed E-state index contributed by atoms with van der Waals surface area (Å²) in [5, 5.41) is 7.73. The average molecular weight is 440 g/mol. The zero-order valence-electron chi connectivity index (χ0n) is 18.2. The normalized spacial score (nSPS) is 10.5. The largest absolute Gasteiger partial charge is 0.493 e. The van der Waals surface area contributed by atoms with E-state index in [9.17, 15) is 9.59 Å². The van der Waals surface area contributed by atoms with Crippen LogP contribution in [0.25, 0.3) is 11.3 Å². The van der Waals surface area contributed by atoms with E-state index >= 15 is 0 Å². The van der Waals surface area contributed by atoms with E-state index in [1.165, 1.54) is 36.7 Å².